The van der Waals surface area contributed by atoms with E-state index in [1.54, 1.807) is 31.4 Å². The van der Waals surface area contributed by atoms with E-state index in [2.05, 4.69) is 20.7 Å². The van der Waals surface area contributed by atoms with Crippen molar-refractivity contribution in [3.63, 3.8) is 0 Å². The van der Waals surface area contributed by atoms with Gasteiger partial charge in [0.15, 0.2) is 5.78 Å². The quantitative estimate of drug-likeness (QED) is 0.331. The number of aryl methyl sites for hydroxylation is 1. The second-order valence-electron chi connectivity index (χ2n) is 7.76. The molecule has 14 heteroatoms. The predicted octanol–water partition coefficient (Wildman–Crippen LogP) is 3.83. The minimum atomic E-state index is -1.35. The predicted molar refractivity (Wildman–Crippen MR) is 135 cm³/mol. The summed E-state index contributed by atoms with van der Waals surface area (Å²) >= 11 is 13.6. The second-order valence-corrected chi connectivity index (χ2v) is 9.55. The zero-order valence-corrected chi connectivity index (χ0v) is 22.1. The monoisotopic (exact) mass is 567 g/mol. The number of carbonyl (C=O) groups excluding carboxylic acids is 2. The van der Waals surface area contributed by atoms with Gasteiger partial charge < -0.3 is 19.9 Å². The van der Waals surface area contributed by atoms with Crippen LogP contribution in [0.15, 0.2) is 46.5 Å². The Kier molecular flexibility index (Phi) is 10.1. The van der Waals surface area contributed by atoms with Crippen LogP contribution in [0.25, 0.3) is 0 Å². The van der Waals surface area contributed by atoms with Crippen LogP contribution in [0.3, 0.4) is 0 Å². The number of hydrogen-bond donors (Lipinski definition) is 2. The first-order valence-electron chi connectivity index (χ1n) is 10.9. The van der Waals surface area contributed by atoms with Crippen LogP contribution in [-0.2, 0) is 27.3 Å². The molecule has 37 heavy (non-hydrogen) atoms. The summed E-state index contributed by atoms with van der Waals surface area (Å²) in [5.74, 6) is -1.22. The van der Waals surface area contributed by atoms with Gasteiger partial charge in [0.25, 0.3) is 0 Å². The number of carbonyl (C=O) groups is 3. The Morgan fingerprint density at radius 1 is 1.16 bits per heavy atom. The molecule has 3 rings (SSSR count). The maximum Gasteiger partial charge on any atom is 0.407 e. The number of benzene rings is 2. The van der Waals surface area contributed by atoms with E-state index in [-0.39, 0.29) is 11.8 Å². The number of carboxylic acids is 1. The molecular weight excluding hydrogens is 545 g/mol. The Bertz CT molecular complexity index is 1250. The second kappa shape index (κ2) is 13.3. The van der Waals surface area contributed by atoms with E-state index in [1.807, 2.05) is 19.1 Å². The maximum absolute atomic E-state index is 12.7. The Labute approximate surface area is 226 Å². The van der Waals surface area contributed by atoms with Gasteiger partial charge in [0.2, 0.25) is 5.16 Å². The summed E-state index contributed by atoms with van der Waals surface area (Å²) in [6.45, 7) is 1.46. The highest BCUT2D eigenvalue weighted by Gasteiger charge is 2.25. The van der Waals surface area contributed by atoms with Gasteiger partial charge in [-0.15, -0.1) is 10.2 Å². The standard InChI is InChI=1S/C23H23Cl2N5O6S/c1-13-9-16(24)21(17(25)10-13)37-22-27-29-30(28-22)12-19(31)18(11-20(32)33)26-23(34)36-8-7-14-3-5-15(35-2)6-4-14/h3-6,9-10,18H,7-8,11-12H2,1-2H3,(H,26,34)(H,32,33). The fourth-order valence-electron chi connectivity index (χ4n) is 3.12. The fourth-order valence-corrected chi connectivity index (χ4v) is 4.65. The molecule has 11 nitrogen and oxygen atoms in total. The smallest absolute Gasteiger partial charge is 0.407 e. The van der Waals surface area contributed by atoms with E-state index in [4.69, 9.17) is 32.7 Å². The van der Waals surface area contributed by atoms with E-state index in [0.717, 1.165) is 27.7 Å². The van der Waals surface area contributed by atoms with Crippen LogP contribution in [0.5, 0.6) is 5.75 Å². The van der Waals surface area contributed by atoms with Crippen LogP contribution < -0.4 is 10.1 Å². The van der Waals surface area contributed by atoms with Crippen molar-refractivity contribution in [2.24, 2.45) is 0 Å². The van der Waals surface area contributed by atoms with Crippen molar-refractivity contribution in [2.45, 2.75) is 42.4 Å². The van der Waals surface area contributed by atoms with Gasteiger partial charge in [-0.25, -0.2) is 4.79 Å². The highest BCUT2D eigenvalue weighted by Crippen LogP contribution is 2.37. The van der Waals surface area contributed by atoms with Gasteiger partial charge >= 0.3 is 12.1 Å². The lowest BCUT2D eigenvalue weighted by atomic mass is 10.1. The molecule has 0 spiro atoms. The first kappa shape index (κ1) is 28.2. The van der Waals surface area contributed by atoms with Gasteiger partial charge in [-0.05, 0) is 59.3 Å². The number of tetrazole rings is 1. The van der Waals surface area contributed by atoms with Gasteiger partial charge in [0.05, 0.1) is 35.1 Å². The van der Waals surface area contributed by atoms with Crippen molar-refractivity contribution < 1.29 is 29.0 Å². The third kappa shape index (κ3) is 8.62. The van der Waals surface area contributed by atoms with Crippen molar-refractivity contribution in [2.75, 3.05) is 13.7 Å². The average Bonchev–Trinajstić information content (AvgIpc) is 3.28. The molecule has 0 aliphatic carbocycles. The summed E-state index contributed by atoms with van der Waals surface area (Å²) in [5.41, 5.74) is 1.80. The number of rotatable bonds is 12. The van der Waals surface area contributed by atoms with Crippen LogP contribution in [0.1, 0.15) is 17.5 Å². The van der Waals surface area contributed by atoms with E-state index >= 15 is 0 Å². The summed E-state index contributed by atoms with van der Waals surface area (Å²) < 4.78 is 10.2. The van der Waals surface area contributed by atoms with Gasteiger partial charge in [-0.2, -0.15) is 4.80 Å². The van der Waals surface area contributed by atoms with Crippen molar-refractivity contribution in [1.82, 2.24) is 25.5 Å². The van der Waals surface area contributed by atoms with Gasteiger partial charge in [-0.3, -0.25) is 9.59 Å². The maximum atomic E-state index is 12.7. The van der Waals surface area contributed by atoms with Crippen LogP contribution in [0.2, 0.25) is 10.0 Å². The molecule has 0 aliphatic rings. The van der Waals surface area contributed by atoms with Crippen LogP contribution >= 0.6 is 35.0 Å². The van der Waals surface area contributed by atoms with Crippen molar-refractivity contribution in [3.8, 4) is 5.75 Å². The molecule has 0 fully saturated rings. The first-order chi connectivity index (χ1) is 17.6. The molecule has 2 N–H and O–H groups in total. The summed E-state index contributed by atoms with van der Waals surface area (Å²) in [6.07, 6.45) is -1.13. The molecular formula is C23H23Cl2N5O6S. The van der Waals surface area contributed by atoms with Gasteiger partial charge in [0.1, 0.15) is 18.3 Å². The molecule has 0 saturated heterocycles. The zero-order valence-electron chi connectivity index (χ0n) is 19.8. The van der Waals surface area contributed by atoms with Crippen molar-refractivity contribution in [1.29, 1.82) is 0 Å². The molecule has 1 amide bonds. The van der Waals surface area contributed by atoms with Crippen LogP contribution in [-0.4, -0.2) is 62.9 Å². The topological polar surface area (TPSA) is 146 Å². The van der Waals surface area contributed by atoms with E-state index in [0.29, 0.717) is 27.1 Å². The molecule has 1 heterocycles. The van der Waals surface area contributed by atoms with E-state index in [9.17, 15) is 19.5 Å². The summed E-state index contributed by atoms with van der Waals surface area (Å²) in [4.78, 5) is 37.7. The van der Waals surface area contributed by atoms with Crippen LogP contribution in [0, 0.1) is 6.92 Å². The normalized spacial score (nSPS) is 11.6. The lowest BCUT2D eigenvalue weighted by Gasteiger charge is -2.15. The third-order valence-corrected chi connectivity index (χ3v) is 6.72. The van der Waals surface area contributed by atoms with Gasteiger partial charge in [0, 0.05) is 6.42 Å². The highest BCUT2D eigenvalue weighted by atomic mass is 35.5. The van der Waals surface area contributed by atoms with Crippen molar-refractivity contribution in [3.05, 3.63) is 57.6 Å². The lowest BCUT2D eigenvalue weighted by molar-refractivity contribution is -0.139. The number of methoxy groups -OCH3 is 1. The first-order valence-corrected chi connectivity index (χ1v) is 12.4. The number of halogens is 2. The number of carboxylic acid groups (broad SMARTS) is 1. The Balaban J connectivity index is 1.55. The molecule has 3 aromatic rings. The molecule has 1 unspecified atom stereocenters. The Morgan fingerprint density at radius 3 is 2.46 bits per heavy atom. The van der Waals surface area contributed by atoms with E-state index in [1.165, 1.54) is 0 Å². The number of alkyl carbamates (subject to hydrolysis) is 1. The molecule has 0 saturated carbocycles. The third-order valence-electron chi connectivity index (χ3n) is 4.91. The summed E-state index contributed by atoms with van der Waals surface area (Å²) in [7, 11) is 1.56. The average molecular weight is 568 g/mol. The molecule has 0 bridgehead atoms. The van der Waals surface area contributed by atoms with Crippen molar-refractivity contribution >= 4 is 52.8 Å². The zero-order chi connectivity index (χ0) is 26.9. The number of aliphatic carboxylic acids is 1. The molecule has 196 valence electrons. The van der Waals surface area contributed by atoms with Crippen LogP contribution in [0.4, 0.5) is 4.79 Å². The number of nitrogens with zero attached hydrogens (tertiary/aromatic N) is 4. The largest absolute Gasteiger partial charge is 0.497 e. The molecule has 0 aliphatic heterocycles. The van der Waals surface area contributed by atoms with E-state index < -0.39 is 36.9 Å². The number of amides is 1. The highest BCUT2D eigenvalue weighted by molar-refractivity contribution is 7.99. The van der Waals surface area contributed by atoms with Gasteiger partial charge in [-0.1, -0.05) is 35.3 Å². The Morgan fingerprint density at radius 2 is 1.84 bits per heavy atom. The minimum Gasteiger partial charge on any atom is -0.497 e. The number of ether oxygens (including phenoxy) is 2. The minimum absolute atomic E-state index is 0.0293. The number of nitrogens with one attached hydrogen (secondary N) is 1. The summed E-state index contributed by atoms with van der Waals surface area (Å²) in [6, 6.07) is 9.34. The number of hydrogen-bond acceptors (Lipinski definition) is 9. The molecule has 1 aromatic heterocycles. The molecule has 2 aromatic carbocycles. The number of aromatic nitrogens is 4. The Hall–Kier alpha value is -3.35. The summed E-state index contributed by atoms with van der Waals surface area (Å²) in [5, 5.41) is 24.3. The molecule has 0 radical (unpaired) electrons. The molecule has 1 atom stereocenters. The SMILES string of the molecule is COc1ccc(CCOC(=O)NC(CC(=O)O)C(=O)Cn2nnc(Sc3c(Cl)cc(C)cc3Cl)n2)cc1. The number of Topliss-reactive ketones (excluding diaryl/α,β-unsaturated/α-hetero) is 1. The number of ketones is 1. The fraction of sp³-hybridized carbons (Fsp3) is 0.304. The lowest BCUT2D eigenvalue weighted by Crippen LogP contribution is -2.44.